The van der Waals surface area contributed by atoms with Crippen LogP contribution in [0.4, 0.5) is 0 Å². The molecule has 1 atom stereocenters. The van der Waals surface area contributed by atoms with E-state index in [4.69, 9.17) is 4.74 Å². The van der Waals surface area contributed by atoms with E-state index < -0.39 is 22.0 Å². The number of aromatic amines is 1. The summed E-state index contributed by atoms with van der Waals surface area (Å²) in [5.41, 5.74) is 2.58. The van der Waals surface area contributed by atoms with Crippen molar-refractivity contribution in [3.05, 3.63) is 96.2 Å². The van der Waals surface area contributed by atoms with Gasteiger partial charge in [0, 0.05) is 23.5 Å². The summed E-state index contributed by atoms with van der Waals surface area (Å²) in [5, 5.41) is 10.5. The van der Waals surface area contributed by atoms with Crippen molar-refractivity contribution in [2.45, 2.75) is 24.0 Å². The molecule has 0 aliphatic carbocycles. The van der Waals surface area contributed by atoms with Gasteiger partial charge < -0.3 is 14.8 Å². The Morgan fingerprint density at radius 3 is 2.38 bits per heavy atom. The number of hydrogen-bond donors (Lipinski definition) is 3. The van der Waals surface area contributed by atoms with E-state index in [1.165, 1.54) is 12.1 Å². The Labute approximate surface area is 185 Å². The number of para-hydroxylation sites is 1. The molecule has 1 heterocycles. The number of ether oxygens (including phenoxy) is 1. The molecule has 0 unspecified atom stereocenters. The fourth-order valence-electron chi connectivity index (χ4n) is 3.41. The lowest BCUT2D eigenvalue weighted by atomic mass is 10.1. The molecule has 0 aliphatic heterocycles. The average Bonchev–Trinajstić information content (AvgIpc) is 3.21. The van der Waals surface area contributed by atoms with Crippen LogP contribution in [0, 0.1) is 0 Å². The van der Waals surface area contributed by atoms with Gasteiger partial charge >= 0.3 is 5.97 Å². The number of aliphatic carboxylic acids is 1. The number of nitrogens with one attached hydrogen (secondary N) is 2. The van der Waals surface area contributed by atoms with Gasteiger partial charge in [0.1, 0.15) is 18.4 Å². The van der Waals surface area contributed by atoms with Crippen LogP contribution in [0.15, 0.2) is 90.0 Å². The van der Waals surface area contributed by atoms with Crippen LogP contribution in [-0.4, -0.2) is 30.5 Å². The smallest absolute Gasteiger partial charge is 0.322 e. The van der Waals surface area contributed by atoms with Crippen LogP contribution < -0.4 is 9.46 Å². The maximum Gasteiger partial charge on any atom is 0.322 e. The van der Waals surface area contributed by atoms with Gasteiger partial charge in [0.25, 0.3) is 0 Å². The molecular weight excluding hydrogens is 428 g/mol. The van der Waals surface area contributed by atoms with Gasteiger partial charge in [-0.1, -0.05) is 48.5 Å². The minimum absolute atomic E-state index is 0.0108. The molecule has 32 heavy (non-hydrogen) atoms. The fraction of sp³-hybridized carbons (Fsp3) is 0.125. The number of rotatable bonds is 9. The highest BCUT2D eigenvalue weighted by Crippen LogP contribution is 2.21. The van der Waals surface area contributed by atoms with E-state index in [9.17, 15) is 18.3 Å². The van der Waals surface area contributed by atoms with Gasteiger partial charge in [-0.3, -0.25) is 4.79 Å². The Balaban J connectivity index is 1.46. The van der Waals surface area contributed by atoms with Crippen LogP contribution in [0.25, 0.3) is 10.9 Å². The number of carboxylic acids is 1. The number of aromatic nitrogens is 1. The lowest BCUT2D eigenvalue weighted by Gasteiger charge is -2.15. The maximum absolute atomic E-state index is 12.8. The van der Waals surface area contributed by atoms with Crippen LogP contribution in [0.3, 0.4) is 0 Å². The molecule has 0 amide bonds. The number of benzene rings is 3. The first-order valence-corrected chi connectivity index (χ1v) is 11.5. The Morgan fingerprint density at radius 2 is 1.66 bits per heavy atom. The van der Waals surface area contributed by atoms with Crippen LogP contribution >= 0.6 is 0 Å². The average molecular weight is 451 g/mol. The Bertz CT molecular complexity index is 1320. The summed E-state index contributed by atoms with van der Waals surface area (Å²) in [6.45, 7) is 0.358. The topological polar surface area (TPSA) is 108 Å². The van der Waals surface area contributed by atoms with E-state index in [0.29, 0.717) is 12.4 Å². The molecule has 4 aromatic rings. The van der Waals surface area contributed by atoms with Gasteiger partial charge in [-0.2, -0.15) is 4.72 Å². The molecule has 0 saturated carbocycles. The van der Waals surface area contributed by atoms with Gasteiger partial charge in [-0.05, 0) is 41.5 Å². The third kappa shape index (κ3) is 4.99. The van der Waals surface area contributed by atoms with Gasteiger partial charge in [-0.25, -0.2) is 8.42 Å². The summed E-state index contributed by atoms with van der Waals surface area (Å²) in [7, 11) is -4.04. The summed E-state index contributed by atoms with van der Waals surface area (Å²) in [6.07, 6.45) is 1.71. The van der Waals surface area contributed by atoms with Crippen LogP contribution in [0.1, 0.15) is 11.1 Å². The van der Waals surface area contributed by atoms with Crippen molar-refractivity contribution in [3.63, 3.8) is 0 Å². The number of carbonyl (C=O) groups is 1. The van der Waals surface area contributed by atoms with Gasteiger partial charge in [0.05, 0.1) is 4.90 Å². The normalized spacial score (nSPS) is 12.5. The summed E-state index contributed by atoms with van der Waals surface area (Å²) in [4.78, 5) is 14.8. The molecule has 0 aliphatic rings. The fourth-order valence-corrected chi connectivity index (χ4v) is 4.60. The minimum Gasteiger partial charge on any atom is -0.489 e. The van der Waals surface area contributed by atoms with Crippen molar-refractivity contribution >= 4 is 26.9 Å². The number of sulfonamides is 1. The SMILES string of the molecule is O=C(O)[C@@H](Cc1c[nH]c2ccccc12)NS(=O)(=O)c1ccc(OCc2ccccc2)cc1. The summed E-state index contributed by atoms with van der Waals surface area (Å²) >= 11 is 0. The standard InChI is InChI=1S/C24H22N2O5S/c27-24(28)23(14-18-15-25-22-9-5-4-8-21(18)22)26-32(29,30)20-12-10-19(11-13-20)31-16-17-6-2-1-3-7-17/h1-13,15,23,25-26H,14,16H2,(H,27,28)/t23-/m1/s1. The van der Waals surface area contributed by atoms with E-state index in [2.05, 4.69) is 9.71 Å². The highest BCUT2D eigenvalue weighted by Gasteiger charge is 2.26. The molecule has 3 N–H and O–H groups in total. The van der Waals surface area contributed by atoms with E-state index in [0.717, 1.165) is 22.0 Å². The van der Waals surface area contributed by atoms with Crippen molar-refractivity contribution in [1.82, 2.24) is 9.71 Å². The Morgan fingerprint density at radius 1 is 0.969 bits per heavy atom. The zero-order valence-corrected chi connectivity index (χ0v) is 17.9. The third-order valence-electron chi connectivity index (χ3n) is 5.08. The van der Waals surface area contributed by atoms with E-state index in [1.54, 1.807) is 18.3 Å². The summed E-state index contributed by atoms with van der Waals surface area (Å²) < 4.78 is 33.6. The quantitative estimate of drug-likeness (QED) is 0.360. The molecule has 8 heteroatoms. The Kier molecular flexibility index (Phi) is 6.25. The number of fused-ring (bicyclic) bond motifs is 1. The predicted molar refractivity (Wildman–Crippen MR) is 121 cm³/mol. The largest absolute Gasteiger partial charge is 0.489 e. The molecule has 0 bridgehead atoms. The first kappa shape index (κ1) is 21.6. The van der Waals surface area contributed by atoms with E-state index >= 15 is 0 Å². The highest BCUT2D eigenvalue weighted by atomic mass is 32.2. The first-order valence-electron chi connectivity index (χ1n) is 9.99. The minimum atomic E-state index is -4.04. The number of hydrogen-bond acceptors (Lipinski definition) is 4. The van der Waals surface area contributed by atoms with Gasteiger partial charge in [0.2, 0.25) is 10.0 Å². The molecule has 0 spiro atoms. The second kappa shape index (κ2) is 9.25. The van der Waals surface area contributed by atoms with Gasteiger partial charge in [0.15, 0.2) is 0 Å². The third-order valence-corrected chi connectivity index (χ3v) is 6.56. The number of carboxylic acid groups (broad SMARTS) is 1. The molecule has 7 nitrogen and oxygen atoms in total. The van der Waals surface area contributed by atoms with Crippen LogP contribution in [0.2, 0.25) is 0 Å². The first-order chi connectivity index (χ1) is 15.4. The Hall–Kier alpha value is -3.62. The summed E-state index contributed by atoms with van der Waals surface area (Å²) in [5.74, 6) is -0.733. The lowest BCUT2D eigenvalue weighted by Crippen LogP contribution is -2.42. The molecule has 164 valence electrons. The van der Waals surface area contributed by atoms with E-state index in [1.807, 2.05) is 54.6 Å². The van der Waals surface area contributed by atoms with Crippen molar-refractivity contribution < 1.29 is 23.1 Å². The zero-order valence-electron chi connectivity index (χ0n) is 17.1. The van der Waals surface area contributed by atoms with Crippen molar-refractivity contribution in [3.8, 4) is 5.75 Å². The zero-order chi connectivity index (χ0) is 22.6. The lowest BCUT2D eigenvalue weighted by molar-refractivity contribution is -0.138. The maximum atomic E-state index is 12.8. The van der Waals surface area contributed by atoms with Crippen LogP contribution in [-0.2, 0) is 27.8 Å². The molecule has 3 aromatic carbocycles. The second-order valence-electron chi connectivity index (χ2n) is 7.32. The molecule has 0 fully saturated rings. The summed E-state index contributed by atoms with van der Waals surface area (Å²) in [6, 6.07) is 21.6. The molecule has 0 saturated heterocycles. The van der Waals surface area contributed by atoms with E-state index in [-0.39, 0.29) is 11.3 Å². The van der Waals surface area contributed by atoms with Gasteiger partial charge in [-0.15, -0.1) is 0 Å². The monoisotopic (exact) mass is 450 g/mol. The number of H-pyrrole nitrogens is 1. The van der Waals surface area contributed by atoms with Crippen molar-refractivity contribution in [2.24, 2.45) is 0 Å². The predicted octanol–water partition coefficient (Wildman–Crippen LogP) is 3.72. The van der Waals surface area contributed by atoms with Crippen LogP contribution in [0.5, 0.6) is 5.75 Å². The van der Waals surface area contributed by atoms with Crippen molar-refractivity contribution in [2.75, 3.05) is 0 Å². The molecule has 1 aromatic heterocycles. The molecular formula is C24H22N2O5S. The van der Waals surface area contributed by atoms with Crippen molar-refractivity contribution in [1.29, 1.82) is 0 Å². The molecule has 0 radical (unpaired) electrons. The second-order valence-corrected chi connectivity index (χ2v) is 9.04. The highest BCUT2D eigenvalue weighted by molar-refractivity contribution is 7.89. The molecule has 4 rings (SSSR count).